The Balaban J connectivity index is 1.51. The van der Waals surface area contributed by atoms with Gasteiger partial charge in [-0.2, -0.15) is 0 Å². The van der Waals surface area contributed by atoms with Gasteiger partial charge in [-0.3, -0.25) is 4.79 Å². The Morgan fingerprint density at radius 2 is 1.74 bits per heavy atom. The van der Waals surface area contributed by atoms with E-state index in [-0.39, 0.29) is 34.6 Å². The third kappa shape index (κ3) is 6.01. The van der Waals surface area contributed by atoms with Crippen LogP contribution in [0.2, 0.25) is 0 Å². The quantitative estimate of drug-likeness (QED) is 0.680. The molecular formula is C22H29FN4O3S. The second-order valence-corrected chi connectivity index (χ2v) is 9.91. The van der Waals surface area contributed by atoms with Gasteiger partial charge in [-0.05, 0) is 62.4 Å². The number of rotatable bonds is 7. The molecule has 31 heavy (non-hydrogen) atoms. The molecule has 0 radical (unpaired) electrons. The Labute approximate surface area is 183 Å². The van der Waals surface area contributed by atoms with Gasteiger partial charge in [0.2, 0.25) is 15.9 Å². The molecule has 1 amide bonds. The molecule has 0 aliphatic heterocycles. The summed E-state index contributed by atoms with van der Waals surface area (Å²) < 4.78 is 41.1. The number of amides is 1. The molecule has 1 aliphatic carbocycles. The van der Waals surface area contributed by atoms with Gasteiger partial charge in [0, 0.05) is 32.3 Å². The van der Waals surface area contributed by atoms with Gasteiger partial charge in [0.15, 0.2) is 0 Å². The number of nitrogens with one attached hydrogen (secondary N) is 2. The Hall–Kier alpha value is -2.52. The molecule has 0 bridgehead atoms. The van der Waals surface area contributed by atoms with Crippen LogP contribution in [0.5, 0.6) is 0 Å². The first-order chi connectivity index (χ1) is 14.7. The molecule has 1 aromatic carbocycles. The monoisotopic (exact) mass is 448 g/mol. The molecule has 1 aliphatic rings. The molecule has 3 rings (SSSR count). The molecule has 168 valence electrons. The van der Waals surface area contributed by atoms with Crippen molar-refractivity contribution in [1.82, 2.24) is 15.0 Å². The normalized spacial score (nSPS) is 20.1. The number of halogens is 1. The topological polar surface area (TPSA) is 91.4 Å². The number of benzene rings is 1. The lowest BCUT2D eigenvalue weighted by Gasteiger charge is -2.29. The zero-order valence-corrected chi connectivity index (χ0v) is 18.8. The summed E-state index contributed by atoms with van der Waals surface area (Å²) in [4.78, 5) is 18.7. The fraction of sp³-hybridized carbons (Fsp3) is 0.455. The molecular weight excluding hydrogens is 419 g/mol. The van der Waals surface area contributed by atoms with E-state index in [1.165, 1.54) is 18.3 Å². The smallest absolute Gasteiger partial charge is 0.242 e. The molecule has 7 nitrogen and oxygen atoms in total. The van der Waals surface area contributed by atoms with E-state index in [0.717, 1.165) is 5.56 Å². The number of carbonyl (C=O) groups excluding carboxylic acids is 1. The first-order valence-electron chi connectivity index (χ1n) is 10.4. The van der Waals surface area contributed by atoms with Crippen molar-refractivity contribution in [3.63, 3.8) is 0 Å². The van der Waals surface area contributed by atoms with Crippen LogP contribution in [0.25, 0.3) is 0 Å². The molecule has 9 heteroatoms. The van der Waals surface area contributed by atoms with Crippen LogP contribution < -0.4 is 14.9 Å². The van der Waals surface area contributed by atoms with Crippen molar-refractivity contribution >= 4 is 21.7 Å². The predicted octanol–water partition coefficient (Wildman–Crippen LogP) is 3.00. The molecule has 1 saturated carbocycles. The second-order valence-electron chi connectivity index (χ2n) is 8.20. The molecule has 0 saturated heterocycles. The summed E-state index contributed by atoms with van der Waals surface area (Å²) in [6.07, 6.45) is 3.74. The van der Waals surface area contributed by atoms with E-state index >= 15 is 0 Å². The Morgan fingerprint density at radius 3 is 2.29 bits per heavy atom. The van der Waals surface area contributed by atoms with Gasteiger partial charge in [0.05, 0.1) is 6.04 Å². The van der Waals surface area contributed by atoms with Gasteiger partial charge < -0.3 is 10.2 Å². The first kappa shape index (κ1) is 23.1. The van der Waals surface area contributed by atoms with Gasteiger partial charge in [0.1, 0.15) is 16.5 Å². The fourth-order valence-corrected chi connectivity index (χ4v) is 4.97. The van der Waals surface area contributed by atoms with E-state index in [1.54, 1.807) is 29.2 Å². The van der Waals surface area contributed by atoms with Crippen LogP contribution in [0.15, 0.2) is 47.5 Å². The third-order valence-electron chi connectivity index (χ3n) is 5.64. The van der Waals surface area contributed by atoms with Crippen molar-refractivity contribution in [2.45, 2.75) is 49.6 Å². The predicted molar refractivity (Wildman–Crippen MR) is 118 cm³/mol. The van der Waals surface area contributed by atoms with Crippen molar-refractivity contribution < 1.29 is 17.6 Å². The van der Waals surface area contributed by atoms with Crippen LogP contribution in [-0.2, 0) is 14.8 Å². The number of carbonyl (C=O) groups is 1. The maximum Gasteiger partial charge on any atom is 0.242 e. The Kier molecular flexibility index (Phi) is 7.27. The zero-order valence-electron chi connectivity index (χ0n) is 18.0. The third-order valence-corrected chi connectivity index (χ3v) is 7.14. The minimum absolute atomic E-state index is 0.0541. The van der Waals surface area contributed by atoms with Crippen molar-refractivity contribution in [3.05, 3.63) is 54.0 Å². The van der Waals surface area contributed by atoms with Crippen molar-refractivity contribution in [3.8, 4) is 0 Å². The highest BCUT2D eigenvalue weighted by Gasteiger charge is 2.30. The largest absolute Gasteiger partial charge is 0.363 e. The SMILES string of the molecule is C[C@@H](NC(=O)C1CCC(NS(=O)(=O)c2ccc(N(C)C)nc2)CC1)c1ccc(F)cc1. The van der Waals surface area contributed by atoms with Crippen molar-refractivity contribution in [1.29, 1.82) is 0 Å². The lowest BCUT2D eigenvalue weighted by atomic mass is 9.85. The molecule has 1 heterocycles. The van der Waals surface area contributed by atoms with Gasteiger partial charge >= 0.3 is 0 Å². The number of pyridine rings is 1. The van der Waals surface area contributed by atoms with Gasteiger partial charge in [-0.1, -0.05) is 12.1 Å². The highest BCUT2D eigenvalue weighted by Crippen LogP contribution is 2.27. The maximum atomic E-state index is 13.1. The van der Waals surface area contributed by atoms with Gasteiger partial charge in [0.25, 0.3) is 0 Å². The van der Waals surface area contributed by atoms with E-state index in [0.29, 0.717) is 31.5 Å². The van der Waals surface area contributed by atoms with E-state index in [1.807, 2.05) is 21.0 Å². The summed E-state index contributed by atoms with van der Waals surface area (Å²) in [7, 11) is 0.0133. The van der Waals surface area contributed by atoms with Crippen LogP contribution in [-0.4, -0.2) is 39.4 Å². The van der Waals surface area contributed by atoms with E-state index < -0.39 is 10.0 Å². The molecule has 2 aromatic rings. The van der Waals surface area contributed by atoms with Crippen LogP contribution in [0, 0.1) is 11.7 Å². The standard InChI is InChI=1S/C22H29FN4O3S/c1-15(16-4-8-18(23)9-5-16)25-22(28)17-6-10-19(11-7-17)26-31(29,30)20-12-13-21(24-14-20)27(2)3/h4-5,8-9,12-15,17,19,26H,6-7,10-11H2,1-3H3,(H,25,28)/t15-,17?,19?/m1/s1. The summed E-state index contributed by atoms with van der Waals surface area (Å²) in [6.45, 7) is 1.86. The zero-order chi connectivity index (χ0) is 22.6. The number of nitrogens with zero attached hydrogens (tertiary/aromatic N) is 2. The lowest BCUT2D eigenvalue weighted by molar-refractivity contribution is -0.126. The van der Waals surface area contributed by atoms with Crippen LogP contribution in [0.3, 0.4) is 0 Å². The molecule has 1 fully saturated rings. The molecule has 0 spiro atoms. The van der Waals surface area contributed by atoms with Crippen LogP contribution in [0.4, 0.5) is 10.2 Å². The average molecular weight is 449 g/mol. The highest BCUT2D eigenvalue weighted by molar-refractivity contribution is 7.89. The van der Waals surface area contributed by atoms with E-state index in [2.05, 4.69) is 15.0 Å². The second kappa shape index (κ2) is 9.74. The molecule has 2 N–H and O–H groups in total. The minimum Gasteiger partial charge on any atom is -0.363 e. The van der Waals surface area contributed by atoms with Crippen LogP contribution >= 0.6 is 0 Å². The van der Waals surface area contributed by atoms with Gasteiger partial charge in [-0.15, -0.1) is 0 Å². The number of sulfonamides is 1. The van der Waals surface area contributed by atoms with Crippen molar-refractivity contribution in [2.75, 3.05) is 19.0 Å². The van der Waals surface area contributed by atoms with E-state index in [9.17, 15) is 17.6 Å². The van der Waals surface area contributed by atoms with E-state index in [4.69, 9.17) is 0 Å². The Bertz CT molecular complexity index is 986. The molecule has 1 aromatic heterocycles. The lowest BCUT2D eigenvalue weighted by Crippen LogP contribution is -2.41. The first-order valence-corrected chi connectivity index (χ1v) is 11.9. The number of hydrogen-bond acceptors (Lipinski definition) is 5. The minimum atomic E-state index is -3.66. The number of aromatic nitrogens is 1. The summed E-state index contributed by atoms with van der Waals surface area (Å²) in [5.41, 5.74) is 0.838. The van der Waals surface area contributed by atoms with Gasteiger partial charge in [-0.25, -0.2) is 22.5 Å². The molecule has 1 atom stereocenters. The molecule has 0 unspecified atom stereocenters. The number of hydrogen-bond donors (Lipinski definition) is 2. The summed E-state index contributed by atoms with van der Waals surface area (Å²) in [5.74, 6) is 0.152. The van der Waals surface area contributed by atoms with Crippen LogP contribution in [0.1, 0.15) is 44.2 Å². The number of anilines is 1. The van der Waals surface area contributed by atoms with Crippen molar-refractivity contribution in [2.24, 2.45) is 5.92 Å². The summed E-state index contributed by atoms with van der Waals surface area (Å²) in [6, 6.07) is 8.84. The fourth-order valence-electron chi connectivity index (χ4n) is 3.72. The average Bonchev–Trinajstić information content (AvgIpc) is 2.74. The summed E-state index contributed by atoms with van der Waals surface area (Å²) in [5, 5.41) is 2.98. The summed E-state index contributed by atoms with van der Waals surface area (Å²) >= 11 is 0. The Morgan fingerprint density at radius 1 is 1.10 bits per heavy atom. The maximum absolute atomic E-state index is 13.1. The highest BCUT2D eigenvalue weighted by atomic mass is 32.2.